The molecule has 1 atom stereocenters. The van der Waals surface area contributed by atoms with E-state index in [-0.39, 0.29) is 30.1 Å². The van der Waals surface area contributed by atoms with Crippen molar-refractivity contribution >= 4 is 0 Å². The van der Waals surface area contributed by atoms with Gasteiger partial charge in [-0.3, -0.25) is 0 Å². The van der Waals surface area contributed by atoms with Gasteiger partial charge in [-0.1, -0.05) is 18.2 Å². The molecule has 2 heterocycles. The first-order valence-electron chi connectivity index (χ1n) is 8.55. The minimum atomic E-state index is -0.873. The fourth-order valence-corrected chi connectivity index (χ4v) is 2.82. The lowest BCUT2D eigenvalue weighted by Crippen LogP contribution is -2.30. The van der Waals surface area contributed by atoms with Crippen LogP contribution in [0.5, 0.6) is 0 Å². The van der Waals surface area contributed by atoms with Crippen molar-refractivity contribution in [1.82, 2.24) is 4.90 Å². The third-order valence-corrected chi connectivity index (χ3v) is 4.19. The second-order valence-electron chi connectivity index (χ2n) is 6.58. The van der Waals surface area contributed by atoms with Crippen molar-refractivity contribution in [2.24, 2.45) is 0 Å². The van der Waals surface area contributed by atoms with Crippen LogP contribution in [0.25, 0.3) is 0 Å². The minimum Gasteiger partial charge on any atom is -0.480 e. The molecule has 28 heavy (non-hydrogen) atoms. The molecule has 7 nitrogen and oxygen atoms in total. The third kappa shape index (κ3) is 4.39. The van der Waals surface area contributed by atoms with Gasteiger partial charge in [0.25, 0.3) is 0 Å². The Kier molecular flexibility index (Phi) is 6.58. The predicted molar refractivity (Wildman–Crippen MR) is 101 cm³/mol. The summed E-state index contributed by atoms with van der Waals surface area (Å²) in [5.74, 6) is -0.00186. The van der Waals surface area contributed by atoms with Crippen LogP contribution >= 0.6 is 0 Å². The number of nitrogens with zero attached hydrogens (tertiary/aromatic N) is 4. The molecule has 2 N–H and O–H groups in total. The fourth-order valence-electron chi connectivity index (χ4n) is 2.82. The number of ether oxygens (including phenoxy) is 1. The Morgan fingerprint density at radius 3 is 2.61 bits per heavy atom. The number of aliphatic hydroxyl groups is 2. The summed E-state index contributed by atoms with van der Waals surface area (Å²) >= 11 is 0. The molecule has 0 aromatic heterocycles. The summed E-state index contributed by atoms with van der Waals surface area (Å²) in [5.41, 5.74) is 0.388. The van der Waals surface area contributed by atoms with Gasteiger partial charge in [0.2, 0.25) is 0 Å². The molecule has 0 saturated heterocycles. The molecule has 0 amide bonds. The normalized spacial score (nSPS) is 20.1. The molecule has 2 aliphatic rings. The Labute approximate surface area is 164 Å². The van der Waals surface area contributed by atoms with Crippen molar-refractivity contribution in [3.8, 4) is 18.2 Å². The summed E-state index contributed by atoms with van der Waals surface area (Å²) in [6.45, 7) is 3.40. The van der Waals surface area contributed by atoms with Gasteiger partial charge >= 0.3 is 0 Å². The van der Waals surface area contributed by atoms with Gasteiger partial charge in [0.15, 0.2) is 11.3 Å². The quantitative estimate of drug-likeness (QED) is 0.704. The van der Waals surface area contributed by atoms with E-state index in [2.05, 4.69) is 0 Å². The Bertz CT molecular complexity index is 928. The zero-order chi connectivity index (χ0) is 20.7. The van der Waals surface area contributed by atoms with Crippen LogP contribution in [0.1, 0.15) is 13.8 Å². The first-order chi connectivity index (χ1) is 13.4. The fraction of sp³-hybridized carbons (Fsp3) is 0.286. The molecular weight excluding hydrogens is 356 g/mol. The number of β-amino-alcohol motifs (C(OH)–C–C–N with tert-alkyl or cyclic N) is 1. The van der Waals surface area contributed by atoms with Crippen molar-refractivity contribution in [2.45, 2.75) is 25.6 Å². The summed E-state index contributed by atoms with van der Waals surface area (Å²) < 4.78 is 5.71. The van der Waals surface area contributed by atoms with E-state index in [1.54, 1.807) is 55.3 Å². The Balaban J connectivity index is 2.38. The average Bonchev–Trinajstić information content (AvgIpc) is 2.94. The van der Waals surface area contributed by atoms with Crippen LogP contribution in [0.2, 0.25) is 0 Å². The maximum atomic E-state index is 9.68. The zero-order valence-corrected chi connectivity index (χ0v) is 15.6. The van der Waals surface area contributed by atoms with Crippen LogP contribution in [-0.4, -0.2) is 40.0 Å². The molecule has 2 aliphatic heterocycles. The van der Waals surface area contributed by atoms with E-state index in [0.717, 1.165) is 5.70 Å². The summed E-state index contributed by atoms with van der Waals surface area (Å²) in [7, 11) is 0. The van der Waals surface area contributed by atoms with Crippen LogP contribution in [0.4, 0.5) is 0 Å². The Morgan fingerprint density at radius 2 is 2.00 bits per heavy atom. The molecule has 0 aliphatic carbocycles. The van der Waals surface area contributed by atoms with Gasteiger partial charge in [-0.2, -0.15) is 15.8 Å². The standard InChI is InChI=1S/C21H20N4O3/c1-21(2)19(18(12-24)20(28-21)15(10-22)11-23)8-5-7-16-6-3-4-9-25(16)13-17(27)14-26/h3-9,17,26-27H,13-14H2,1-2H3/b8-5+,16-7+. The maximum Gasteiger partial charge on any atom is 0.172 e. The number of nitriles is 3. The predicted octanol–water partition coefficient (Wildman–Crippen LogP) is 2.10. The van der Waals surface area contributed by atoms with E-state index in [1.807, 2.05) is 24.3 Å². The molecule has 2 rings (SSSR count). The molecule has 142 valence electrons. The van der Waals surface area contributed by atoms with Crippen molar-refractivity contribution in [3.63, 3.8) is 0 Å². The molecule has 1 unspecified atom stereocenters. The minimum absolute atomic E-state index is 0.00186. The van der Waals surface area contributed by atoms with Gasteiger partial charge in [-0.05, 0) is 32.1 Å². The van der Waals surface area contributed by atoms with E-state index in [9.17, 15) is 10.4 Å². The molecule has 0 bridgehead atoms. The van der Waals surface area contributed by atoms with E-state index < -0.39 is 11.7 Å². The number of rotatable bonds is 5. The lowest BCUT2D eigenvalue weighted by Gasteiger charge is -2.25. The van der Waals surface area contributed by atoms with Crippen molar-refractivity contribution in [1.29, 1.82) is 15.8 Å². The van der Waals surface area contributed by atoms with Gasteiger partial charge in [0.1, 0.15) is 29.4 Å². The van der Waals surface area contributed by atoms with Crippen molar-refractivity contribution in [2.75, 3.05) is 13.2 Å². The SMILES string of the molecule is CC1(C)OC(=C(C#N)C#N)C(C#N)=C1/C=C/C=C1\C=CC=CN1CC(O)CO. The number of aliphatic hydroxyl groups excluding tert-OH is 2. The van der Waals surface area contributed by atoms with Gasteiger partial charge in [0.05, 0.1) is 19.3 Å². The number of hydrogen-bond acceptors (Lipinski definition) is 7. The highest BCUT2D eigenvalue weighted by atomic mass is 16.5. The monoisotopic (exact) mass is 376 g/mol. The molecule has 7 heteroatoms. The summed E-state index contributed by atoms with van der Waals surface area (Å²) in [6, 6.07) is 5.54. The van der Waals surface area contributed by atoms with Crippen molar-refractivity contribution in [3.05, 3.63) is 70.8 Å². The smallest absolute Gasteiger partial charge is 0.172 e. The Morgan fingerprint density at radius 1 is 1.29 bits per heavy atom. The van der Waals surface area contributed by atoms with Gasteiger partial charge < -0.3 is 19.8 Å². The zero-order valence-electron chi connectivity index (χ0n) is 15.6. The first-order valence-corrected chi connectivity index (χ1v) is 8.55. The first kappa shape index (κ1) is 20.7. The highest BCUT2D eigenvalue weighted by Gasteiger charge is 2.38. The molecule has 0 fully saturated rings. The molecule has 0 saturated carbocycles. The molecule has 0 aromatic rings. The maximum absolute atomic E-state index is 9.68. The third-order valence-electron chi connectivity index (χ3n) is 4.19. The van der Waals surface area contributed by atoms with E-state index >= 15 is 0 Å². The number of hydrogen-bond donors (Lipinski definition) is 2. The van der Waals surface area contributed by atoms with Crippen LogP contribution < -0.4 is 0 Å². The summed E-state index contributed by atoms with van der Waals surface area (Å²) in [4.78, 5) is 1.79. The van der Waals surface area contributed by atoms with Gasteiger partial charge in [-0.15, -0.1) is 0 Å². The highest BCUT2D eigenvalue weighted by molar-refractivity contribution is 5.60. The van der Waals surface area contributed by atoms with Gasteiger partial charge in [0, 0.05) is 17.5 Å². The summed E-state index contributed by atoms with van der Waals surface area (Å²) in [5, 5.41) is 46.4. The average molecular weight is 376 g/mol. The molecule has 0 aromatic carbocycles. The molecule has 0 radical (unpaired) electrons. The van der Waals surface area contributed by atoms with Crippen LogP contribution in [0, 0.1) is 34.0 Å². The lowest BCUT2D eigenvalue weighted by atomic mass is 9.94. The second-order valence-corrected chi connectivity index (χ2v) is 6.58. The second kappa shape index (κ2) is 8.88. The Hall–Kier alpha value is -3.57. The van der Waals surface area contributed by atoms with E-state index in [1.165, 1.54) is 0 Å². The molecular formula is C21H20N4O3. The summed E-state index contributed by atoms with van der Waals surface area (Å²) in [6.07, 6.45) is 11.6. The van der Waals surface area contributed by atoms with E-state index in [4.69, 9.17) is 20.4 Å². The van der Waals surface area contributed by atoms with E-state index in [0.29, 0.717) is 5.57 Å². The van der Waals surface area contributed by atoms with Crippen LogP contribution in [0.3, 0.4) is 0 Å². The topological polar surface area (TPSA) is 124 Å². The van der Waals surface area contributed by atoms with Crippen LogP contribution in [0.15, 0.2) is 70.8 Å². The molecule has 0 spiro atoms. The van der Waals surface area contributed by atoms with Crippen LogP contribution in [-0.2, 0) is 4.74 Å². The highest BCUT2D eigenvalue weighted by Crippen LogP contribution is 2.40. The van der Waals surface area contributed by atoms with Crippen molar-refractivity contribution < 1.29 is 14.9 Å². The largest absolute Gasteiger partial charge is 0.480 e. The number of allylic oxidation sites excluding steroid dienone is 7. The lowest BCUT2D eigenvalue weighted by molar-refractivity contribution is 0.0787. The van der Waals surface area contributed by atoms with Gasteiger partial charge in [-0.25, -0.2) is 0 Å².